The highest BCUT2D eigenvalue weighted by Crippen LogP contribution is 2.13. The Balaban J connectivity index is 1.45. The van der Waals surface area contributed by atoms with Crippen LogP contribution in [0.1, 0.15) is 5.56 Å². The smallest absolute Gasteiger partial charge is 0.343 e. The summed E-state index contributed by atoms with van der Waals surface area (Å²) in [6.07, 6.45) is 0.656. The van der Waals surface area contributed by atoms with Crippen LogP contribution in [0.4, 0.5) is 10.1 Å². The molecule has 1 aromatic heterocycles. The number of carbonyl (C=O) groups is 2. The second kappa shape index (κ2) is 10.4. The normalized spacial score (nSPS) is 10.6. The van der Waals surface area contributed by atoms with E-state index in [9.17, 15) is 18.8 Å². The maximum atomic E-state index is 12.9. The minimum absolute atomic E-state index is 0.000537. The van der Waals surface area contributed by atoms with Crippen LogP contribution in [0.3, 0.4) is 0 Å². The fraction of sp³-hybridized carbons (Fsp3) is 0.200. The molecule has 156 valence electrons. The summed E-state index contributed by atoms with van der Waals surface area (Å²) in [6.45, 7) is 0.210. The zero-order chi connectivity index (χ0) is 21.3. The lowest BCUT2D eigenvalue weighted by molar-refractivity contribution is -0.122. The number of hydrogen-bond donors (Lipinski definition) is 3. The fourth-order valence-corrected chi connectivity index (χ4v) is 3.40. The molecule has 0 spiro atoms. The maximum Gasteiger partial charge on any atom is 0.343 e. The highest BCUT2D eigenvalue weighted by Gasteiger charge is 2.12. The van der Waals surface area contributed by atoms with E-state index < -0.39 is 11.7 Å². The Morgan fingerprint density at radius 2 is 1.80 bits per heavy atom. The van der Waals surface area contributed by atoms with Crippen molar-refractivity contribution >= 4 is 29.3 Å². The molecule has 0 aliphatic carbocycles. The summed E-state index contributed by atoms with van der Waals surface area (Å²) in [7, 11) is 0. The summed E-state index contributed by atoms with van der Waals surface area (Å²) in [5.74, 6) is -1.21. The number of aryl methyl sites for hydroxylation is 1. The van der Waals surface area contributed by atoms with Crippen molar-refractivity contribution in [2.45, 2.75) is 18.1 Å². The Morgan fingerprint density at radius 1 is 1.07 bits per heavy atom. The molecule has 0 fully saturated rings. The Labute approximate surface area is 175 Å². The predicted molar refractivity (Wildman–Crippen MR) is 112 cm³/mol. The van der Waals surface area contributed by atoms with Gasteiger partial charge in [-0.05, 0) is 36.2 Å². The third-order valence-corrected chi connectivity index (χ3v) is 5.07. The van der Waals surface area contributed by atoms with Crippen molar-refractivity contribution in [2.75, 3.05) is 17.6 Å². The molecule has 2 amide bonds. The summed E-state index contributed by atoms with van der Waals surface area (Å²) in [4.78, 5) is 35.9. The molecule has 30 heavy (non-hydrogen) atoms. The lowest BCUT2D eigenvalue weighted by Gasteiger charge is -2.08. The van der Waals surface area contributed by atoms with Crippen LogP contribution in [0.15, 0.2) is 64.5 Å². The van der Waals surface area contributed by atoms with Gasteiger partial charge < -0.3 is 10.6 Å². The van der Waals surface area contributed by atoms with Gasteiger partial charge in [-0.15, -0.1) is 5.10 Å². The number of halogens is 1. The number of hydrogen-bond acceptors (Lipinski definition) is 5. The molecule has 3 N–H and O–H groups in total. The zero-order valence-corrected chi connectivity index (χ0v) is 16.7. The first-order chi connectivity index (χ1) is 14.5. The van der Waals surface area contributed by atoms with Crippen LogP contribution in [-0.2, 0) is 22.6 Å². The molecule has 0 saturated heterocycles. The van der Waals surface area contributed by atoms with E-state index in [0.29, 0.717) is 23.8 Å². The highest BCUT2D eigenvalue weighted by atomic mass is 32.2. The van der Waals surface area contributed by atoms with Gasteiger partial charge in [0.15, 0.2) is 5.16 Å². The molecule has 8 nitrogen and oxygen atoms in total. The Bertz CT molecular complexity index is 1050. The quantitative estimate of drug-likeness (QED) is 0.450. The third-order valence-electron chi connectivity index (χ3n) is 4.10. The fourth-order valence-electron chi connectivity index (χ4n) is 2.59. The Kier molecular flexibility index (Phi) is 7.39. The number of benzene rings is 2. The Hall–Kier alpha value is -3.40. The van der Waals surface area contributed by atoms with E-state index in [4.69, 9.17) is 0 Å². The van der Waals surface area contributed by atoms with E-state index >= 15 is 0 Å². The second-order valence-electron chi connectivity index (χ2n) is 6.32. The van der Waals surface area contributed by atoms with Gasteiger partial charge in [-0.2, -0.15) is 0 Å². The number of nitrogens with zero attached hydrogens (tertiary/aromatic N) is 2. The van der Waals surface area contributed by atoms with Crippen LogP contribution in [0.2, 0.25) is 0 Å². The predicted octanol–water partition coefficient (Wildman–Crippen LogP) is 1.80. The minimum Gasteiger partial charge on any atom is -0.346 e. The minimum atomic E-state index is -0.431. The SMILES string of the molecule is O=C(CSc1n[nH]c(=O)n1CCc1ccccc1)NCC(=O)Nc1ccc(F)cc1. The molecule has 0 aliphatic rings. The monoisotopic (exact) mass is 429 g/mol. The van der Waals surface area contributed by atoms with E-state index in [1.54, 1.807) is 0 Å². The first kappa shape index (κ1) is 21.3. The van der Waals surface area contributed by atoms with E-state index in [0.717, 1.165) is 17.3 Å². The van der Waals surface area contributed by atoms with Crippen molar-refractivity contribution in [1.29, 1.82) is 0 Å². The topological polar surface area (TPSA) is 109 Å². The Morgan fingerprint density at radius 3 is 2.53 bits per heavy atom. The number of nitrogens with one attached hydrogen (secondary N) is 3. The van der Waals surface area contributed by atoms with Crippen LogP contribution in [0, 0.1) is 5.82 Å². The number of H-pyrrole nitrogens is 1. The van der Waals surface area contributed by atoms with Crippen molar-refractivity contribution < 1.29 is 14.0 Å². The molecule has 2 aromatic carbocycles. The first-order valence-electron chi connectivity index (χ1n) is 9.15. The van der Waals surface area contributed by atoms with E-state index in [1.807, 2.05) is 30.3 Å². The lowest BCUT2D eigenvalue weighted by Crippen LogP contribution is -2.34. The van der Waals surface area contributed by atoms with Crippen molar-refractivity contribution in [1.82, 2.24) is 20.1 Å². The van der Waals surface area contributed by atoms with Gasteiger partial charge in [-0.3, -0.25) is 14.2 Å². The third kappa shape index (κ3) is 6.31. The molecule has 3 aromatic rings. The van der Waals surface area contributed by atoms with Gasteiger partial charge in [0, 0.05) is 12.2 Å². The molecule has 0 unspecified atom stereocenters. The number of amides is 2. The van der Waals surface area contributed by atoms with Crippen LogP contribution >= 0.6 is 11.8 Å². The molecule has 0 saturated carbocycles. The van der Waals surface area contributed by atoms with Gasteiger partial charge >= 0.3 is 5.69 Å². The lowest BCUT2D eigenvalue weighted by atomic mass is 10.1. The van der Waals surface area contributed by atoms with Crippen LogP contribution in [0.5, 0.6) is 0 Å². The standard InChI is InChI=1S/C20H20FN5O3S/c21-15-6-8-16(9-7-15)23-17(27)12-22-18(28)13-30-20-25-24-19(29)26(20)11-10-14-4-2-1-3-5-14/h1-9H,10-13H2,(H,22,28)(H,23,27)(H,24,29). The molecule has 0 aliphatic heterocycles. The van der Waals surface area contributed by atoms with Crippen LogP contribution in [0.25, 0.3) is 0 Å². The van der Waals surface area contributed by atoms with Crippen molar-refractivity contribution in [2.24, 2.45) is 0 Å². The average molecular weight is 429 g/mol. The van der Waals surface area contributed by atoms with Crippen molar-refractivity contribution in [3.8, 4) is 0 Å². The molecule has 3 rings (SSSR count). The molecule has 0 bridgehead atoms. The summed E-state index contributed by atoms with van der Waals surface area (Å²) in [5, 5.41) is 11.8. The summed E-state index contributed by atoms with van der Waals surface area (Å²) in [6, 6.07) is 15.0. The summed E-state index contributed by atoms with van der Waals surface area (Å²) in [5.41, 5.74) is 1.18. The molecule has 0 atom stereocenters. The second-order valence-corrected chi connectivity index (χ2v) is 7.26. The maximum absolute atomic E-state index is 12.9. The molecular weight excluding hydrogens is 409 g/mol. The van der Waals surface area contributed by atoms with Gasteiger partial charge in [0.25, 0.3) is 0 Å². The first-order valence-corrected chi connectivity index (χ1v) is 10.1. The number of thioether (sulfide) groups is 1. The number of rotatable bonds is 9. The number of aromatic amines is 1. The highest BCUT2D eigenvalue weighted by molar-refractivity contribution is 7.99. The van der Waals surface area contributed by atoms with Gasteiger partial charge in [-0.25, -0.2) is 14.3 Å². The summed E-state index contributed by atoms with van der Waals surface area (Å²) >= 11 is 1.10. The van der Waals surface area contributed by atoms with Gasteiger partial charge in [-0.1, -0.05) is 42.1 Å². The van der Waals surface area contributed by atoms with Gasteiger partial charge in [0.1, 0.15) is 5.82 Å². The van der Waals surface area contributed by atoms with Crippen molar-refractivity contribution in [3.63, 3.8) is 0 Å². The zero-order valence-electron chi connectivity index (χ0n) is 15.9. The van der Waals surface area contributed by atoms with Gasteiger partial charge in [0.2, 0.25) is 11.8 Å². The number of anilines is 1. The molecule has 0 radical (unpaired) electrons. The number of carbonyl (C=O) groups excluding carboxylic acids is 2. The van der Waals surface area contributed by atoms with Crippen LogP contribution in [-0.4, -0.2) is 38.9 Å². The average Bonchev–Trinajstić information content (AvgIpc) is 3.11. The van der Waals surface area contributed by atoms with Gasteiger partial charge in [0.05, 0.1) is 12.3 Å². The molecule has 1 heterocycles. The van der Waals surface area contributed by atoms with E-state index in [-0.39, 0.29) is 23.9 Å². The van der Waals surface area contributed by atoms with E-state index in [1.165, 1.54) is 28.8 Å². The van der Waals surface area contributed by atoms with Crippen molar-refractivity contribution in [3.05, 3.63) is 76.5 Å². The largest absolute Gasteiger partial charge is 0.346 e. The molecule has 10 heteroatoms. The number of aromatic nitrogens is 3. The molecular formula is C20H20FN5O3S. The van der Waals surface area contributed by atoms with Crippen LogP contribution < -0.4 is 16.3 Å². The summed E-state index contributed by atoms with van der Waals surface area (Å²) < 4.78 is 14.3. The van der Waals surface area contributed by atoms with E-state index in [2.05, 4.69) is 20.8 Å².